The van der Waals surface area contributed by atoms with E-state index in [9.17, 15) is 4.79 Å². The third-order valence-electron chi connectivity index (χ3n) is 0.393. The molecule has 0 radical (unpaired) electrons. The van der Waals surface area contributed by atoms with E-state index in [2.05, 4.69) is 10.8 Å². The SMILES string of the molecule is C#CC(=O)O[SiH2]C. The van der Waals surface area contributed by atoms with Gasteiger partial charge in [-0.3, -0.25) is 0 Å². The zero-order chi connectivity index (χ0) is 5.70. The average molecular weight is 114 g/mol. The van der Waals surface area contributed by atoms with Crippen molar-refractivity contribution in [1.29, 1.82) is 0 Å². The van der Waals surface area contributed by atoms with Crippen LogP contribution < -0.4 is 0 Å². The van der Waals surface area contributed by atoms with Crippen LogP contribution in [0, 0.1) is 12.3 Å². The zero-order valence-corrected chi connectivity index (χ0v) is 5.52. The number of rotatable bonds is 1. The minimum absolute atomic E-state index is 0.533. The highest BCUT2D eigenvalue weighted by Gasteiger charge is 1.87. The quantitative estimate of drug-likeness (QED) is 0.332. The molecular weight excluding hydrogens is 108 g/mol. The molecular formula is C4H6O2Si. The van der Waals surface area contributed by atoms with Gasteiger partial charge in [-0.15, -0.1) is 6.42 Å². The Bertz CT molecular complexity index is 103. The van der Waals surface area contributed by atoms with Crippen LogP contribution in [0.15, 0.2) is 0 Å². The minimum atomic E-state index is -0.636. The van der Waals surface area contributed by atoms with Crippen LogP contribution in [0.2, 0.25) is 6.55 Å². The lowest BCUT2D eigenvalue weighted by Gasteiger charge is -1.88. The van der Waals surface area contributed by atoms with Crippen molar-refractivity contribution in [2.45, 2.75) is 6.55 Å². The van der Waals surface area contributed by atoms with Crippen molar-refractivity contribution < 1.29 is 9.22 Å². The highest BCUT2D eigenvalue weighted by Crippen LogP contribution is 1.67. The Morgan fingerprint density at radius 3 is 2.71 bits per heavy atom. The van der Waals surface area contributed by atoms with Crippen LogP contribution in [0.25, 0.3) is 0 Å². The summed E-state index contributed by atoms with van der Waals surface area (Å²) < 4.78 is 4.45. The van der Waals surface area contributed by atoms with Gasteiger partial charge < -0.3 is 4.43 Å². The van der Waals surface area contributed by atoms with E-state index in [1.165, 1.54) is 0 Å². The number of hydrogen-bond acceptors (Lipinski definition) is 2. The molecule has 0 aromatic heterocycles. The number of hydrogen-bond donors (Lipinski definition) is 0. The first-order valence-electron chi connectivity index (χ1n) is 1.94. The Morgan fingerprint density at radius 1 is 2.00 bits per heavy atom. The molecule has 0 N–H and O–H groups in total. The largest absolute Gasteiger partial charge is 0.516 e. The number of terminal acetylenes is 1. The lowest BCUT2D eigenvalue weighted by atomic mass is 10.7. The molecule has 0 atom stereocenters. The zero-order valence-electron chi connectivity index (χ0n) is 4.10. The van der Waals surface area contributed by atoms with Gasteiger partial charge in [0.1, 0.15) is 0 Å². The topological polar surface area (TPSA) is 26.3 Å². The minimum Gasteiger partial charge on any atom is -0.516 e. The van der Waals surface area contributed by atoms with Crippen molar-refractivity contribution in [3.63, 3.8) is 0 Å². The van der Waals surface area contributed by atoms with E-state index in [-0.39, 0.29) is 0 Å². The van der Waals surface area contributed by atoms with Crippen LogP contribution in [0.3, 0.4) is 0 Å². The molecule has 2 nitrogen and oxygen atoms in total. The third kappa shape index (κ3) is 3.07. The fourth-order valence-corrected chi connectivity index (χ4v) is 0.518. The van der Waals surface area contributed by atoms with Crippen LogP contribution in [0.1, 0.15) is 0 Å². The molecule has 38 valence electrons. The molecule has 3 heteroatoms. The predicted octanol–water partition coefficient (Wildman–Crippen LogP) is -0.705. The molecule has 0 heterocycles. The highest BCUT2D eigenvalue weighted by atomic mass is 28.2. The smallest absolute Gasteiger partial charge is 0.370 e. The average Bonchev–Trinajstić information content (AvgIpc) is 1.68. The molecule has 0 saturated heterocycles. The second kappa shape index (κ2) is 3.44. The van der Waals surface area contributed by atoms with E-state index < -0.39 is 15.7 Å². The van der Waals surface area contributed by atoms with Gasteiger partial charge >= 0.3 is 5.97 Å². The van der Waals surface area contributed by atoms with E-state index in [4.69, 9.17) is 0 Å². The Labute approximate surface area is 44.8 Å². The van der Waals surface area contributed by atoms with Crippen molar-refractivity contribution in [3.05, 3.63) is 0 Å². The summed E-state index contributed by atoms with van der Waals surface area (Å²) in [6, 6.07) is 0. The molecule has 0 aromatic carbocycles. The van der Waals surface area contributed by atoms with Crippen molar-refractivity contribution >= 4 is 15.7 Å². The maximum Gasteiger partial charge on any atom is 0.370 e. The third-order valence-corrected chi connectivity index (χ3v) is 0.944. The molecule has 0 aromatic rings. The van der Waals surface area contributed by atoms with Gasteiger partial charge in [-0.1, -0.05) is 0 Å². The standard InChI is InChI=1S/C4H6O2Si/c1-3-4(5)6-7-2/h1H,7H2,2H3. The number of carbonyl (C=O) groups excluding carboxylic acids is 1. The van der Waals surface area contributed by atoms with Crippen LogP contribution in [0.5, 0.6) is 0 Å². The van der Waals surface area contributed by atoms with Crippen LogP contribution in [-0.4, -0.2) is 15.7 Å². The predicted molar refractivity (Wildman–Crippen MR) is 29.3 cm³/mol. The van der Waals surface area contributed by atoms with Gasteiger partial charge in [0, 0.05) is 5.92 Å². The summed E-state index contributed by atoms with van der Waals surface area (Å²) in [7, 11) is -0.636. The highest BCUT2D eigenvalue weighted by molar-refractivity contribution is 6.29. The summed E-state index contributed by atoms with van der Waals surface area (Å²) in [6.45, 7) is 1.84. The number of carbonyl (C=O) groups is 1. The van der Waals surface area contributed by atoms with E-state index in [1.807, 2.05) is 12.5 Å². The summed E-state index contributed by atoms with van der Waals surface area (Å²) in [6.07, 6.45) is 4.66. The molecule has 0 rings (SSSR count). The van der Waals surface area contributed by atoms with Crippen molar-refractivity contribution in [2.75, 3.05) is 0 Å². The molecule has 0 aliphatic heterocycles. The Morgan fingerprint density at radius 2 is 2.57 bits per heavy atom. The summed E-state index contributed by atoms with van der Waals surface area (Å²) in [5, 5.41) is 0. The van der Waals surface area contributed by atoms with Gasteiger partial charge in [0.15, 0.2) is 0 Å². The van der Waals surface area contributed by atoms with E-state index in [1.54, 1.807) is 0 Å². The maximum atomic E-state index is 9.99. The lowest BCUT2D eigenvalue weighted by molar-refractivity contribution is -0.127. The molecule has 7 heavy (non-hydrogen) atoms. The van der Waals surface area contributed by atoms with Crippen molar-refractivity contribution in [2.24, 2.45) is 0 Å². The van der Waals surface area contributed by atoms with Crippen LogP contribution in [0.4, 0.5) is 0 Å². The first kappa shape index (κ1) is 6.25. The van der Waals surface area contributed by atoms with Gasteiger partial charge in [0.2, 0.25) is 9.76 Å². The van der Waals surface area contributed by atoms with Gasteiger partial charge in [-0.2, -0.15) is 0 Å². The summed E-state index contributed by atoms with van der Waals surface area (Å²) in [5.74, 6) is 1.31. The molecule has 0 spiro atoms. The monoisotopic (exact) mass is 114 g/mol. The molecule has 0 aliphatic carbocycles. The Balaban J connectivity index is 3.24. The summed E-state index contributed by atoms with van der Waals surface area (Å²) in [4.78, 5) is 9.99. The Hall–Kier alpha value is -0.753. The molecule has 0 amide bonds. The van der Waals surface area contributed by atoms with E-state index >= 15 is 0 Å². The van der Waals surface area contributed by atoms with E-state index in [0.717, 1.165) is 0 Å². The summed E-state index contributed by atoms with van der Waals surface area (Å²) in [5.41, 5.74) is 0. The van der Waals surface area contributed by atoms with Crippen LogP contribution in [-0.2, 0) is 9.22 Å². The first-order valence-corrected chi connectivity index (χ1v) is 3.93. The lowest BCUT2D eigenvalue weighted by Crippen LogP contribution is -2.01. The maximum absolute atomic E-state index is 9.99. The molecule has 0 bridgehead atoms. The molecule has 0 aliphatic rings. The van der Waals surface area contributed by atoms with Gasteiger partial charge in [0.05, 0.1) is 0 Å². The Kier molecular flexibility index (Phi) is 3.07. The second-order valence-electron chi connectivity index (χ2n) is 0.865. The fourth-order valence-electron chi connectivity index (χ4n) is 0.173. The molecule has 0 fully saturated rings. The first-order chi connectivity index (χ1) is 3.31. The van der Waals surface area contributed by atoms with Crippen LogP contribution >= 0.6 is 0 Å². The normalized spacial score (nSPS) is 8.57. The van der Waals surface area contributed by atoms with Gasteiger partial charge in [-0.05, 0) is 6.55 Å². The van der Waals surface area contributed by atoms with Gasteiger partial charge in [-0.25, -0.2) is 4.79 Å². The van der Waals surface area contributed by atoms with Crippen molar-refractivity contribution in [1.82, 2.24) is 0 Å². The summed E-state index contributed by atoms with van der Waals surface area (Å²) >= 11 is 0. The van der Waals surface area contributed by atoms with Crippen molar-refractivity contribution in [3.8, 4) is 12.3 Å². The molecule has 0 saturated carbocycles. The van der Waals surface area contributed by atoms with E-state index in [0.29, 0.717) is 0 Å². The second-order valence-corrected chi connectivity index (χ2v) is 1.73. The molecule has 0 unspecified atom stereocenters. The fraction of sp³-hybridized carbons (Fsp3) is 0.250. The van der Waals surface area contributed by atoms with Gasteiger partial charge in [0.25, 0.3) is 0 Å².